The molecule has 0 spiro atoms. The average Bonchev–Trinajstić information content (AvgIpc) is 3.34. The summed E-state index contributed by atoms with van der Waals surface area (Å²) in [5.74, 6) is 0.676. The van der Waals surface area contributed by atoms with E-state index in [1.54, 1.807) is 17.0 Å². The lowest BCUT2D eigenvalue weighted by Gasteiger charge is -2.24. The van der Waals surface area contributed by atoms with Crippen molar-refractivity contribution in [2.75, 3.05) is 10.2 Å². The Kier molecular flexibility index (Phi) is 4.60. The van der Waals surface area contributed by atoms with Crippen molar-refractivity contribution in [3.8, 4) is 11.3 Å². The number of nitrogens with one attached hydrogen (secondary N) is 1. The second kappa shape index (κ2) is 7.33. The topological polar surface area (TPSA) is 71.0 Å². The molecule has 5 rings (SSSR count). The fraction of sp³-hybridized carbons (Fsp3) is 0.273. The highest BCUT2D eigenvalue weighted by Crippen LogP contribution is 2.49. The molecule has 0 radical (unpaired) electrons. The van der Waals surface area contributed by atoms with Crippen LogP contribution in [0.25, 0.3) is 11.3 Å². The van der Waals surface area contributed by atoms with Gasteiger partial charge in [0.25, 0.3) is 0 Å². The number of halogens is 3. The van der Waals surface area contributed by atoms with Gasteiger partial charge >= 0.3 is 12.2 Å². The predicted molar refractivity (Wildman–Crippen MR) is 109 cm³/mol. The molecule has 1 saturated carbocycles. The lowest BCUT2D eigenvalue weighted by molar-refractivity contribution is -0.137. The molecule has 1 fully saturated rings. The van der Waals surface area contributed by atoms with E-state index in [0.29, 0.717) is 22.8 Å². The summed E-state index contributed by atoms with van der Waals surface area (Å²) in [6.45, 7) is 0. The second-order valence-electron chi connectivity index (χ2n) is 7.72. The van der Waals surface area contributed by atoms with Crippen molar-refractivity contribution in [2.24, 2.45) is 0 Å². The summed E-state index contributed by atoms with van der Waals surface area (Å²) < 4.78 is 39.4. The Balaban J connectivity index is 1.53. The van der Waals surface area contributed by atoms with Crippen molar-refractivity contribution < 1.29 is 18.0 Å². The number of hydrogen-bond donors (Lipinski definition) is 1. The largest absolute Gasteiger partial charge is 0.416 e. The minimum atomic E-state index is -4.44. The van der Waals surface area contributed by atoms with E-state index < -0.39 is 11.7 Å². The van der Waals surface area contributed by atoms with Gasteiger partial charge in [-0.1, -0.05) is 24.6 Å². The molecule has 2 amide bonds. The van der Waals surface area contributed by atoms with Gasteiger partial charge in [-0.15, -0.1) is 0 Å². The molecule has 31 heavy (non-hydrogen) atoms. The van der Waals surface area contributed by atoms with Gasteiger partial charge in [0.1, 0.15) is 12.1 Å². The average molecular weight is 425 g/mol. The third kappa shape index (κ3) is 3.49. The monoisotopic (exact) mass is 425 g/mol. The Bertz CT molecular complexity index is 1140. The predicted octanol–water partition coefficient (Wildman–Crippen LogP) is 5.25. The minimum absolute atomic E-state index is 0.0242. The third-order valence-corrected chi connectivity index (χ3v) is 5.86. The molecule has 1 aromatic carbocycles. The zero-order chi connectivity index (χ0) is 21.6. The second-order valence-corrected chi connectivity index (χ2v) is 7.72. The molecule has 2 aliphatic rings. The zero-order valence-corrected chi connectivity index (χ0v) is 16.3. The van der Waals surface area contributed by atoms with E-state index in [1.165, 1.54) is 24.8 Å². The Morgan fingerprint density at radius 3 is 2.68 bits per heavy atom. The number of amides is 2. The fourth-order valence-electron chi connectivity index (χ4n) is 4.52. The van der Waals surface area contributed by atoms with Crippen LogP contribution in [-0.4, -0.2) is 27.0 Å². The van der Waals surface area contributed by atoms with Gasteiger partial charge in [0, 0.05) is 23.1 Å². The van der Waals surface area contributed by atoms with Crippen molar-refractivity contribution in [3.63, 3.8) is 0 Å². The van der Waals surface area contributed by atoms with Gasteiger partial charge in [-0.3, -0.25) is 4.90 Å². The number of benzene rings is 1. The van der Waals surface area contributed by atoms with Crippen LogP contribution in [0.15, 0.2) is 55.1 Å². The van der Waals surface area contributed by atoms with Crippen LogP contribution in [0.4, 0.5) is 29.5 Å². The van der Waals surface area contributed by atoms with Gasteiger partial charge in [0.2, 0.25) is 0 Å². The van der Waals surface area contributed by atoms with Crippen LogP contribution in [-0.2, 0) is 6.18 Å². The Morgan fingerprint density at radius 1 is 1.10 bits per heavy atom. The van der Waals surface area contributed by atoms with Crippen LogP contribution in [0.5, 0.6) is 0 Å². The Morgan fingerprint density at radius 2 is 1.90 bits per heavy atom. The maximum Gasteiger partial charge on any atom is 0.416 e. The van der Waals surface area contributed by atoms with E-state index in [4.69, 9.17) is 0 Å². The van der Waals surface area contributed by atoms with Crippen LogP contribution in [0.3, 0.4) is 0 Å². The maximum absolute atomic E-state index is 13.1. The Hall–Kier alpha value is -3.49. The maximum atomic E-state index is 13.1. The van der Waals surface area contributed by atoms with E-state index >= 15 is 0 Å². The number of rotatable bonds is 2. The molecule has 2 aromatic heterocycles. The number of pyridine rings is 1. The first-order valence-corrected chi connectivity index (χ1v) is 9.95. The number of hydrogen-bond acceptors (Lipinski definition) is 4. The van der Waals surface area contributed by atoms with E-state index in [0.717, 1.165) is 37.0 Å². The first kappa shape index (κ1) is 19.5. The smallest absolute Gasteiger partial charge is 0.305 e. The van der Waals surface area contributed by atoms with Crippen molar-refractivity contribution in [3.05, 3.63) is 66.2 Å². The van der Waals surface area contributed by atoms with Crippen molar-refractivity contribution in [1.82, 2.24) is 15.0 Å². The van der Waals surface area contributed by atoms with Crippen LogP contribution < -0.4 is 10.2 Å². The molecule has 9 heteroatoms. The molecule has 158 valence electrons. The number of fused-ring (bicyclic) bond motifs is 3. The van der Waals surface area contributed by atoms with E-state index in [9.17, 15) is 18.0 Å². The summed E-state index contributed by atoms with van der Waals surface area (Å²) in [4.78, 5) is 27.2. The van der Waals surface area contributed by atoms with Crippen LogP contribution >= 0.6 is 0 Å². The van der Waals surface area contributed by atoms with Crippen LogP contribution in [0, 0.1) is 0 Å². The standard InChI is InChI=1S/C22H18F3N5O/c23-22(24,25)14-4-1-3-13(9-14)18-8-7-17-16-5-2-6-19(16)30(20(17)29-18)21(31)28-15-10-26-12-27-11-15/h1,3-4,7-12,16,19H,2,5-6H2,(H,28,31). The van der Waals surface area contributed by atoms with Gasteiger partial charge in [-0.05, 0) is 31.0 Å². The van der Waals surface area contributed by atoms with Crippen molar-refractivity contribution in [2.45, 2.75) is 37.4 Å². The SMILES string of the molecule is O=C(Nc1cncnc1)N1c2nc(-c3cccc(C(F)(F)F)c3)ccc2C2CCCC21. The van der Waals surface area contributed by atoms with Gasteiger partial charge in [-0.25, -0.2) is 19.7 Å². The number of urea groups is 1. The molecule has 1 aliphatic carbocycles. The molecular formula is C22H18F3N5O. The molecule has 0 saturated heterocycles. The van der Waals surface area contributed by atoms with Gasteiger partial charge < -0.3 is 5.32 Å². The van der Waals surface area contributed by atoms with Gasteiger partial charge in [0.15, 0.2) is 0 Å². The minimum Gasteiger partial charge on any atom is -0.305 e. The van der Waals surface area contributed by atoms with Crippen LogP contribution in [0.1, 0.15) is 36.3 Å². The molecular weight excluding hydrogens is 407 g/mol. The highest BCUT2D eigenvalue weighted by atomic mass is 19.4. The van der Waals surface area contributed by atoms with Crippen molar-refractivity contribution in [1.29, 1.82) is 0 Å². The molecule has 6 nitrogen and oxygen atoms in total. The molecule has 0 bridgehead atoms. The summed E-state index contributed by atoms with van der Waals surface area (Å²) in [7, 11) is 0. The number of aromatic nitrogens is 3. The quantitative estimate of drug-likeness (QED) is 0.609. The highest BCUT2D eigenvalue weighted by Gasteiger charge is 2.45. The number of carbonyl (C=O) groups excluding carboxylic acids is 1. The van der Waals surface area contributed by atoms with Gasteiger partial charge in [-0.2, -0.15) is 13.2 Å². The molecule has 1 N–H and O–H groups in total. The molecule has 2 atom stereocenters. The third-order valence-electron chi connectivity index (χ3n) is 5.86. The fourth-order valence-corrected chi connectivity index (χ4v) is 4.52. The highest BCUT2D eigenvalue weighted by molar-refractivity contribution is 6.03. The summed E-state index contributed by atoms with van der Waals surface area (Å²) in [5.41, 5.74) is 1.43. The van der Waals surface area contributed by atoms with Crippen LogP contribution in [0.2, 0.25) is 0 Å². The number of alkyl halides is 3. The lowest BCUT2D eigenvalue weighted by atomic mass is 9.98. The normalized spacial score (nSPS) is 19.8. The van der Waals surface area contributed by atoms with E-state index in [1.807, 2.05) is 6.07 Å². The van der Waals surface area contributed by atoms with Gasteiger partial charge in [0.05, 0.1) is 29.3 Å². The molecule has 2 unspecified atom stereocenters. The lowest BCUT2D eigenvalue weighted by Crippen LogP contribution is -2.40. The summed E-state index contributed by atoms with van der Waals surface area (Å²) in [5, 5.41) is 2.80. The number of carbonyl (C=O) groups is 1. The van der Waals surface area contributed by atoms with E-state index in [-0.39, 0.29) is 18.0 Å². The summed E-state index contributed by atoms with van der Waals surface area (Å²) in [6, 6.07) is 8.31. The first-order valence-electron chi connectivity index (χ1n) is 9.95. The van der Waals surface area contributed by atoms with E-state index in [2.05, 4.69) is 20.3 Å². The Labute approximate surface area is 176 Å². The zero-order valence-electron chi connectivity index (χ0n) is 16.3. The van der Waals surface area contributed by atoms with Crippen molar-refractivity contribution >= 4 is 17.5 Å². The first-order chi connectivity index (χ1) is 14.9. The molecule has 3 heterocycles. The summed E-state index contributed by atoms with van der Waals surface area (Å²) in [6.07, 6.45) is 2.73. The number of nitrogens with zero attached hydrogens (tertiary/aromatic N) is 4. The molecule has 3 aromatic rings. The molecule has 1 aliphatic heterocycles. The summed E-state index contributed by atoms with van der Waals surface area (Å²) >= 11 is 0. The number of anilines is 2.